The summed E-state index contributed by atoms with van der Waals surface area (Å²) in [6.45, 7) is 9.30. The van der Waals surface area contributed by atoms with Gasteiger partial charge in [-0.15, -0.1) is 0 Å². The fraction of sp³-hybridized carbons (Fsp3) is 0.733. The molecule has 1 aliphatic rings. The molecule has 5 nitrogen and oxygen atoms in total. The number of likely N-dealkylation sites (tertiary alicyclic amines) is 1. The first kappa shape index (κ1) is 15.0. The predicted octanol–water partition coefficient (Wildman–Crippen LogP) is 1.26. The topological polar surface area (TPSA) is 50.2 Å². The molecule has 1 amide bonds. The van der Waals surface area contributed by atoms with Gasteiger partial charge in [-0.05, 0) is 46.2 Å². The highest BCUT2D eigenvalue weighted by atomic mass is 16.1. The number of amides is 1. The van der Waals surface area contributed by atoms with Crippen LogP contribution in [0.5, 0.6) is 0 Å². The van der Waals surface area contributed by atoms with Crippen molar-refractivity contribution in [3.8, 4) is 0 Å². The van der Waals surface area contributed by atoms with Crippen molar-refractivity contribution in [1.82, 2.24) is 20.0 Å². The average molecular weight is 278 g/mol. The number of carbonyl (C=O) groups excluding carboxylic acids is 1. The van der Waals surface area contributed by atoms with Gasteiger partial charge in [0.1, 0.15) is 0 Å². The van der Waals surface area contributed by atoms with Crippen molar-refractivity contribution < 1.29 is 4.79 Å². The Labute approximate surface area is 121 Å². The molecule has 1 saturated heterocycles. The van der Waals surface area contributed by atoms with E-state index in [-0.39, 0.29) is 11.4 Å². The summed E-state index contributed by atoms with van der Waals surface area (Å²) in [6, 6.07) is 1.96. The molecule has 1 N–H and O–H groups in total. The maximum atomic E-state index is 11.9. The Bertz CT molecular complexity index is 478. The Balaban J connectivity index is 1.74. The van der Waals surface area contributed by atoms with Crippen LogP contribution in [0.1, 0.15) is 38.1 Å². The summed E-state index contributed by atoms with van der Waals surface area (Å²) in [4.78, 5) is 14.4. The fourth-order valence-electron chi connectivity index (χ4n) is 2.96. The van der Waals surface area contributed by atoms with Crippen LogP contribution in [0.15, 0.2) is 6.07 Å². The lowest BCUT2D eigenvalue weighted by Gasteiger charge is -2.31. The number of nitrogens with zero attached hydrogens (tertiary/aromatic N) is 3. The van der Waals surface area contributed by atoms with Gasteiger partial charge < -0.3 is 5.32 Å². The van der Waals surface area contributed by atoms with Crippen LogP contribution >= 0.6 is 0 Å². The van der Waals surface area contributed by atoms with Crippen molar-refractivity contribution >= 4 is 5.91 Å². The van der Waals surface area contributed by atoms with Crippen LogP contribution in [0.4, 0.5) is 0 Å². The lowest BCUT2D eigenvalue weighted by atomic mass is 10.0. The first-order valence-electron chi connectivity index (χ1n) is 7.40. The second-order valence-corrected chi connectivity index (χ2v) is 6.33. The zero-order valence-corrected chi connectivity index (χ0v) is 13.1. The van der Waals surface area contributed by atoms with Crippen molar-refractivity contribution in [2.45, 2.75) is 45.6 Å². The third-order valence-electron chi connectivity index (χ3n) is 4.22. The van der Waals surface area contributed by atoms with Gasteiger partial charge in [0, 0.05) is 31.4 Å². The minimum Gasteiger partial charge on any atom is -0.354 e. The molecular formula is C15H26N4O. The Kier molecular flexibility index (Phi) is 4.48. The third kappa shape index (κ3) is 3.60. The summed E-state index contributed by atoms with van der Waals surface area (Å²) in [5.74, 6) is 0.0741. The van der Waals surface area contributed by atoms with E-state index in [0.29, 0.717) is 6.42 Å². The van der Waals surface area contributed by atoms with E-state index in [0.717, 1.165) is 31.0 Å². The van der Waals surface area contributed by atoms with E-state index in [2.05, 4.69) is 29.2 Å². The highest BCUT2D eigenvalue weighted by molar-refractivity contribution is 5.78. The molecule has 0 spiro atoms. The largest absolute Gasteiger partial charge is 0.354 e. The molecule has 1 fully saturated rings. The highest BCUT2D eigenvalue weighted by Gasteiger charge is 2.31. The quantitative estimate of drug-likeness (QED) is 0.882. The SMILES string of the molecule is Cc1cc(CC(=O)NCCN2CCCC2(C)C)n(C)n1. The minimum atomic E-state index is 0.0741. The van der Waals surface area contributed by atoms with E-state index in [9.17, 15) is 4.79 Å². The molecule has 112 valence electrons. The molecule has 2 rings (SSSR count). The number of hydrogen-bond acceptors (Lipinski definition) is 3. The molecule has 5 heteroatoms. The Morgan fingerprint density at radius 2 is 2.25 bits per heavy atom. The second-order valence-electron chi connectivity index (χ2n) is 6.33. The monoisotopic (exact) mass is 278 g/mol. The predicted molar refractivity (Wildman–Crippen MR) is 79.5 cm³/mol. The molecule has 1 aromatic heterocycles. The number of carbonyl (C=O) groups is 1. The lowest BCUT2D eigenvalue weighted by Crippen LogP contribution is -2.43. The van der Waals surface area contributed by atoms with Gasteiger partial charge in [0.25, 0.3) is 0 Å². The highest BCUT2D eigenvalue weighted by Crippen LogP contribution is 2.27. The zero-order chi connectivity index (χ0) is 14.8. The van der Waals surface area contributed by atoms with E-state index in [1.807, 2.05) is 20.0 Å². The number of aromatic nitrogens is 2. The molecule has 0 saturated carbocycles. The molecule has 1 aliphatic heterocycles. The molecule has 0 bridgehead atoms. The van der Waals surface area contributed by atoms with Gasteiger partial charge in [-0.3, -0.25) is 14.4 Å². The van der Waals surface area contributed by atoms with Gasteiger partial charge in [0.2, 0.25) is 5.91 Å². The van der Waals surface area contributed by atoms with Gasteiger partial charge in [-0.1, -0.05) is 0 Å². The van der Waals surface area contributed by atoms with Crippen LogP contribution in [-0.4, -0.2) is 45.8 Å². The van der Waals surface area contributed by atoms with Crippen molar-refractivity contribution in [3.05, 3.63) is 17.5 Å². The summed E-state index contributed by atoms with van der Waals surface area (Å²) >= 11 is 0. The molecule has 0 radical (unpaired) electrons. The number of rotatable bonds is 5. The molecule has 2 heterocycles. The van der Waals surface area contributed by atoms with Crippen molar-refractivity contribution in [2.75, 3.05) is 19.6 Å². The molecular weight excluding hydrogens is 252 g/mol. The Morgan fingerprint density at radius 3 is 2.80 bits per heavy atom. The molecule has 0 aromatic carbocycles. The number of hydrogen-bond donors (Lipinski definition) is 1. The second kappa shape index (κ2) is 5.95. The summed E-state index contributed by atoms with van der Waals surface area (Å²) in [5, 5.41) is 7.27. The van der Waals surface area contributed by atoms with Gasteiger partial charge >= 0.3 is 0 Å². The summed E-state index contributed by atoms with van der Waals surface area (Å²) in [7, 11) is 1.88. The first-order valence-corrected chi connectivity index (χ1v) is 7.40. The maximum absolute atomic E-state index is 11.9. The number of nitrogens with one attached hydrogen (secondary N) is 1. The standard InChI is InChI=1S/C15H26N4O/c1-12-10-13(18(4)17-12)11-14(20)16-7-9-19-8-5-6-15(19,2)3/h10H,5-9,11H2,1-4H3,(H,16,20). The fourth-order valence-corrected chi connectivity index (χ4v) is 2.96. The summed E-state index contributed by atoms with van der Waals surface area (Å²) in [6.07, 6.45) is 2.91. The molecule has 20 heavy (non-hydrogen) atoms. The van der Waals surface area contributed by atoms with E-state index in [4.69, 9.17) is 0 Å². The van der Waals surface area contributed by atoms with Gasteiger partial charge in [0.05, 0.1) is 12.1 Å². The third-order valence-corrected chi connectivity index (χ3v) is 4.22. The number of aryl methyl sites for hydroxylation is 2. The van der Waals surface area contributed by atoms with Crippen molar-refractivity contribution in [3.63, 3.8) is 0 Å². The zero-order valence-electron chi connectivity index (χ0n) is 13.1. The smallest absolute Gasteiger partial charge is 0.226 e. The first-order chi connectivity index (χ1) is 9.38. The van der Waals surface area contributed by atoms with Crippen LogP contribution in [0.2, 0.25) is 0 Å². The minimum absolute atomic E-state index is 0.0741. The van der Waals surface area contributed by atoms with Gasteiger partial charge in [-0.25, -0.2) is 0 Å². The Hall–Kier alpha value is -1.36. The molecule has 0 aliphatic carbocycles. The van der Waals surface area contributed by atoms with Crippen LogP contribution in [-0.2, 0) is 18.3 Å². The van der Waals surface area contributed by atoms with Crippen LogP contribution in [0, 0.1) is 6.92 Å². The molecule has 0 atom stereocenters. The Morgan fingerprint density at radius 1 is 1.50 bits per heavy atom. The van der Waals surface area contributed by atoms with Gasteiger partial charge in [-0.2, -0.15) is 5.10 Å². The van der Waals surface area contributed by atoms with E-state index in [1.54, 1.807) is 4.68 Å². The van der Waals surface area contributed by atoms with E-state index in [1.165, 1.54) is 12.8 Å². The average Bonchev–Trinajstić information content (AvgIpc) is 2.82. The molecule has 0 unspecified atom stereocenters. The van der Waals surface area contributed by atoms with Crippen LogP contribution in [0.25, 0.3) is 0 Å². The van der Waals surface area contributed by atoms with E-state index < -0.39 is 0 Å². The van der Waals surface area contributed by atoms with E-state index >= 15 is 0 Å². The van der Waals surface area contributed by atoms with Crippen LogP contribution in [0.3, 0.4) is 0 Å². The summed E-state index contributed by atoms with van der Waals surface area (Å²) < 4.78 is 1.78. The molecule has 1 aromatic rings. The maximum Gasteiger partial charge on any atom is 0.226 e. The van der Waals surface area contributed by atoms with Crippen LogP contribution < -0.4 is 5.32 Å². The lowest BCUT2D eigenvalue weighted by molar-refractivity contribution is -0.120. The van der Waals surface area contributed by atoms with Gasteiger partial charge in [0.15, 0.2) is 0 Å². The summed E-state index contributed by atoms with van der Waals surface area (Å²) in [5.41, 5.74) is 2.19. The van der Waals surface area contributed by atoms with Crippen molar-refractivity contribution in [2.24, 2.45) is 7.05 Å². The van der Waals surface area contributed by atoms with Crippen molar-refractivity contribution in [1.29, 1.82) is 0 Å². The normalized spacial score (nSPS) is 18.4.